The summed E-state index contributed by atoms with van der Waals surface area (Å²) in [6.07, 6.45) is 0. The van der Waals surface area contributed by atoms with Gasteiger partial charge in [0.25, 0.3) is 0 Å². The molecule has 8 nitrogen and oxygen atoms in total. The van der Waals surface area contributed by atoms with Crippen molar-refractivity contribution in [3.05, 3.63) is 0 Å². The molecule has 12 heteroatoms. The molecule has 0 amide bonds. The van der Waals surface area contributed by atoms with Crippen molar-refractivity contribution in [1.82, 2.24) is 0 Å². The fourth-order valence-corrected chi connectivity index (χ4v) is 0.0630. The predicted molar refractivity (Wildman–Crippen MR) is 35.8 cm³/mol. The van der Waals surface area contributed by atoms with E-state index in [2.05, 4.69) is 9.88 Å². The SMILES string of the molecule is O=C(OF)C(=O)OF.O=P(O)(O)O.[NaH]. The summed E-state index contributed by atoms with van der Waals surface area (Å²) in [5, 5.41) is 0. The van der Waals surface area contributed by atoms with Crippen molar-refractivity contribution in [3.63, 3.8) is 0 Å². The Labute approximate surface area is 97.1 Å². The van der Waals surface area contributed by atoms with Gasteiger partial charge in [0, 0.05) is 9.05 Å². The quantitative estimate of drug-likeness (QED) is 0.261. The molecule has 0 rings (SSSR count). The Morgan fingerprint density at radius 1 is 1.00 bits per heavy atom. The molecular weight excluding hydrogens is 244 g/mol. The summed E-state index contributed by atoms with van der Waals surface area (Å²) in [4.78, 5) is 44.9. The summed E-state index contributed by atoms with van der Waals surface area (Å²) in [6, 6.07) is 0. The Kier molecular flexibility index (Phi) is 13.2. The third-order valence-electron chi connectivity index (χ3n) is 0.307. The first-order valence-electron chi connectivity index (χ1n) is 2.16. The summed E-state index contributed by atoms with van der Waals surface area (Å²) in [5.41, 5.74) is 0. The molecule has 0 aromatic heterocycles. The monoisotopic (exact) mass is 248 g/mol. The maximum absolute atomic E-state index is 10.5. The molecule has 0 atom stereocenters. The fraction of sp³-hybridized carbons (Fsp3) is 0. The van der Waals surface area contributed by atoms with Crippen molar-refractivity contribution in [3.8, 4) is 0 Å². The second-order valence-corrected chi connectivity index (χ2v) is 2.27. The molecule has 0 bridgehead atoms. The van der Waals surface area contributed by atoms with E-state index in [0.29, 0.717) is 0 Å². The van der Waals surface area contributed by atoms with Gasteiger partial charge in [0.1, 0.15) is 0 Å². The maximum atomic E-state index is 10.5. The van der Waals surface area contributed by atoms with Gasteiger partial charge in [-0.05, 0) is 0 Å². The number of carbonyl (C=O) groups excluding carboxylic acids is 2. The van der Waals surface area contributed by atoms with Crippen LogP contribution < -0.4 is 0 Å². The molecule has 0 aliphatic rings. The Morgan fingerprint density at radius 3 is 1.21 bits per heavy atom. The summed E-state index contributed by atoms with van der Waals surface area (Å²) < 4.78 is 29.9. The van der Waals surface area contributed by atoms with Crippen LogP contribution >= 0.6 is 7.82 Å². The average Bonchev–Trinajstić information content (AvgIpc) is 1.98. The van der Waals surface area contributed by atoms with E-state index in [-0.39, 0.29) is 29.6 Å². The van der Waals surface area contributed by atoms with Crippen molar-refractivity contribution in [1.29, 1.82) is 0 Å². The molecule has 80 valence electrons. The van der Waals surface area contributed by atoms with Gasteiger partial charge in [-0.1, -0.05) is 0 Å². The number of phosphoric acid groups is 1. The summed E-state index contributed by atoms with van der Waals surface area (Å²) in [6.45, 7) is 0. The second kappa shape index (κ2) is 9.46. The molecule has 14 heavy (non-hydrogen) atoms. The van der Waals surface area contributed by atoms with E-state index in [4.69, 9.17) is 19.2 Å². The minimum atomic E-state index is -4.64. The second-order valence-electron chi connectivity index (χ2n) is 1.24. The van der Waals surface area contributed by atoms with Crippen LogP contribution in [0.1, 0.15) is 0 Å². The van der Waals surface area contributed by atoms with Gasteiger partial charge in [0.05, 0.1) is 0 Å². The van der Waals surface area contributed by atoms with Gasteiger partial charge >= 0.3 is 49.3 Å². The molecule has 0 saturated heterocycles. The van der Waals surface area contributed by atoms with Crippen molar-refractivity contribution in [2.75, 3.05) is 0 Å². The van der Waals surface area contributed by atoms with Crippen molar-refractivity contribution >= 4 is 49.3 Å². The Bertz CT molecular complexity index is 203. The number of hydrogen-bond donors (Lipinski definition) is 3. The molecule has 0 radical (unpaired) electrons. The summed E-state index contributed by atoms with van der Waals surface area (Å²) >= 11 is 0. The van der Waals surface area contributed by atoms with Crippen LogP contribution in [0.2, 0.25) is 0 Å². The van der Waals surface area contributed by atoms with Crippen LogP contribution in [0.4, 0.5) is 9.05 Å². The molecule has 0 fully saturated rings. The Balaban J connectivity index is -0.000000177. The molecule has 0 aliphatic carbocycles. The molecule has 0 aromatic rings. The van der Waals surface area contributed by atoms with Gasteiger partial charge in [-0.25, -0.2) is 24.0 Å². The topological polar surface area (TPSA) is 130 Å². The van der Waals surface area contributed by atoms with Gasteiger partial charge < -0.3 is 14.7 Å². The van der Waals surface area contributed by atoms with Gasteiger partial charge in [-0.2, -0.15) is 0 Å². The zero-order valence-corrected chi connectivity index (χ0v) is 6.48. The Morgan fingerprint density at radius 2 is 1.14 bits per heavy atom. The molecule has 0 heterocycles. The number of hydrogen-bond acceptors (Lipinski definition) is 5. The third kappa shape index (κ3) is 22.7. The molecule has 0 aromatic carbocycles. The summed E-state index contributed by atoms with van der Waals surface area (Å²) in [5.74, 6) is -4.04. The van der Waals surface area contributed by atoms with Crippen LogP contribution in [0.15, 0.2) is 0 Å². The number of halogens is 2. The predicted octanol–water partition coefficient (Wildman–Crippen LogP) is -1.74. The minimum absolute atomic E-state index is 0. The van der Waals surface area contributed by atoms with Gasteiger partial charge in [0.15, 0.2) is 0 Å². The molecule has 3 N–H and O–H groups in total. The van der Waals surface area contributed by atoms with E-state index in [1.165, 1.54) is 0 Å². The van der Waals surface area contributed by atoms with Crippen molar-refractivity contribution in [2.45, 2.75) is 0 Å². The van der Waals surface area contributed by atoms with Crippen LogP contribution in [-0.2, 0) is 24.0 Å². The fourth-order valence-electron chi connectivity index (χ4n) is 0.0630. The van der Waals surface area contributed by atoms with Crippen LogP contribution in [0.25, 0.3) is 0 Å². The van der Waals surface area contributed by atoms with Crippen molar-refractivity contribution < 1.29 is 47.8 Å². The van der Waals surface area contributed by atoms with Crippen LogP contribution in [-0.4, -0.2) is 56.2 Å². The van der Waals surface area contributed by atoms with E-state index in [0.717, 1.165) is 0 Å². The number of carbonyl (C=O) groups is 2. The van der Waals surface area contributed by atoms with Gasteiger partial charge in [0.2, 0.25) is 0 Å². The molecule has 0 saturated carbocycles. The van der Waals surface area contributed by atoms with Gasteiger partial charge in [-0.15, -0.1) is 0 Å². The van der Waals surface area contributed by atoms with Crippen LogP contribution in [0.3, 0.4) is 0 Å². The van der Waals surface area contributed by atoms with Gasteiger partial charge in [-0.3, -0.25) is 0 Å². The standard InChI is InChI=1S/C2F2O4.Na.H3O4P.H/c3-7-1(5)2(6)8-4;;1-5(2,3)4;/h;;(H3,1,2,3,4);. The van der Waals surface area contributed by atoms with E-state index in [1.54, 1.807) is 0 Å². The third-order valence-corrected chi connectivity index (χ3v) is 0.307. The first-order valence-corrected chi connectivity index (χ1v) is 3.72. The van der Waals surface area contributed by atoms with E-state index >= 15 is 0 Å². The van der Waals surface area contributed by atoms with E-state index < -0.39 is 19.8 Å². The van der Waals surface area contributed by atoms with Crippen molar-refractivity contribution in [2.24, 2.45) is 0 Å². The average molecular weight is 248 g/mol. The zero-order valence-electron chi connectivity index (χ0n) is 5.59. The zero-order chi connectivity index (χ0) is 11.1. The van der Waals surface area contributed by atoms with E-state index in [9.17, 15) is 18.6 Å². The number of rotatable bonds is 0. The van der Waals surface area contributed by atoms with Crippen LogP contribution in [0.5, 0.6) is 0 Å². The Hall–Kier alpha value is -0.0900. The summed E-state index contributed by atoms with van der Waals surface area (Å²) in [7, 11) is -4.64. The molecule has 0 spiro atoms. The molecule has 0 aliphatic heterocycles. The first-order chi connectivity index (χ1) is 5.72. The normalized spacial score (nSPS) is 8.64. The first kappa shape index (κ1) is 19.5. The molecular formula is C2H4F2NaO8P. The van der Waals surface area contributed by atoms with E-state index in [1.807, 2.05) is 0 Å². The molecule has 0 unspecified atom stereocenters. The van der Waals surface area contributed by atoms with Crippen LogP contribution in [0, 0.1) is 0 Å².